The van der Waals surface area contributed by atoms with Crippen LogP contribution in [0.1, 0.15) is 85.3 Å². The number of anilines is 1. The first-order valence-corrected chi connectivity index (χ1v) is 22.5. The smallest absolute Gasteiger partial charge is 0.408 e. The van der Waals surface area contributed by atoms with E-state index in [9.17, 15) is 28.8 Å². The number of ether oxygens (including phenoxy) is 6. The van der Waals surface area contributed by atoms with Crippen molar-refractivity contribution in [3.63, 3.8) is 0 Å². The fraction of sp³-hybridized carbons (Fsp3) is 0.375. The molecule has 0 radical (unpaired) electrons. The topological polar surface area (TPSA) is 237 Å². The molecular weight excluding hydrogens is 946 g/mol. The van der Waals surface area contributed by atoms with Gasteiger partial charge < -0.3 is 54.3 Å². The first-order chi connectivity index (χ1) is 32.4. The van der Waals surface area contributed by atoms with E-state index in [2.05, 4.69) is 47.2 Å². The van der Waals surface area contributed by atoms with Crippen LogP contribution in [0.5, 0.6) is 0 Å². The molecule has 1 fully saturated rings. The minimum Gasteiger partial charge on any atom is -0.459 e. The summed E-state index contributed by atoms with van der Waals surface area (Å²) in [6.45, 7) is 9.95. The number of fused-ring (bicyclic) bond motifs is 1. The molecule has 0 bridgehead atoms. The van der Waals surface area contributed by atoms with Crippen molar-refractivity contribution in [1.29, 1.82) is 0 Å². The second kappa shape index (κ2) is 22.6. The first kappa shape index (κ1) is 50.4. The Balaban J connectivity index is 1.21. The van der Waals surface area contributed by atoms with Gasteiger partial charge in [0.05, 0.1) is 28.6 Å². The number of esters is 3. The summed E-state index contributed by atoms with van der Waals surface area (Å²) >= 11 is 3.64. The average Bonchev–Trinajstić information content (AvgIpc) is 3.81. The summed E-state index contributed by atoms with van der Waals surface area (Å²) in [7, 11) is 0. The molecule has 1 saturated heterocycles. The summed E-state index contributed by atoms with van der Waals surface area (Å²) in [6.07, 6.45) is -3.15. The van der Waals surface area contributed by atoms with Gasteiger partial charge in [0.2, 0.25) is 5.91 Å². The van der Waals surface area contributed by atoms with Crippen LogP contribution in [0.25, 0.3) is 11.0 Å². The number of hydrogen-bond donors (Lipinski definition) is 4. The molecule has 4 N–H and O–H groups in total. The van der Waals surface area contributed by atoms with Crippen molar-refractivity contribution in [2.24, 2.45) is 0 Å². The van der Waals surface area contributed by atoms with Crippen molar-refractivity contribution < 1.29 is 57.2 Å². The average molecular weight is 1000 g/mol. The second-order valence-corrected chi connectivity index (χ2v) is 18.3. The van der Waals surface area contributed by atoms with E-state index in [0.29, 0.717) is 39.9 Å². The van der Waals surface area contributed by atoms with Crippen LogP contribution in [-0.4, -0.2) is 112 Å². The molecular formula is C48H54BrN7O12. The Kier molecular flexibility index (Phi) is 16.8. The van der Waals surface area contributed by atoms with Crippen LogP contribution < -0.4 is 21.3 Å². The van der Waals surface area contributed by atoms with Gasteiger partial charge in [-0.05, 0) is 100 Å². The lowest BCUT2D eigenvalue weighted by atomic mass is 10.1. The maximum absolute atomic E-state index is 13.8. The van der Waals surface area contributed by atoms with E-state index in [4.69, 9.17) is 28.4 Å². The third-order valence-electron chi connectivity index (χ3n) is 9.82. The normalized spacial score (nSPS) is 17.3. The fourth-order valence-corrected chi connectivity index (χ4v) is 7.42. The molecule has 0 unspecified atom stereocenters. The SMILES string of the molecule is CC(C)(C)OC(=O)NC[C@H](NC(=O)OC(C)(C)C)C(=O)NCCCNc1ncnc2c1c(Br)cn2[C@@H]1O[C@H](COC(=O)c2ccccc2)[C@@H](OC(=O)c2ccccc2)[C@H]1OC(=O)c1ccccc1. The standard InChI is InChI=1S/C48H54BrN7O12/c1-47(2,3)67-45(61)52-25-33(55-46(62)68-48(4,5)6)40(57)51-24-16-23-50-38-35-32(49)26-56(39(35)54-28-53-38)41-37(66-44(60)31-21-14-9-15-22-31)36(65-43(59)30-19-12-8-13-20-30)34(64-41)27-63-42(58)29-17-10-7-11-18-29/h7-15,17-22,26,28,33-34,36-37,41H,16,23-25,27H2,1-6H3,(H,51,57)(H,52,61)(H,55,62)(H,50,53,54)/t33-,34+,36+,37+,41+/m0/s1. The number of hydrogen-bond acceptors (Lipinski definition) is 15. The maximum Gasteiger partial charge on any atom is 0.408 e. The van der Waals surface area contributed by atoms with Gasteiger partial charge in [-0.2, -0.15) is 0 Å². The zero-order valence-electron chi connectivity index (χ0n) is 38.4. The number of benzene rings is 3. The van der Waals surface area contributed by atoms with Gasteiger partial charge in [-0.15, -0.1) is 0 Å². The molecule has 1 aliphatic rings. The predicted molar refractivity (Wildman–Crippen MR) is 251 cm³/mol. The lowest BCUT2D eigenvalue weighted by Gasteiger charge is -2.25. The zero-order chi connectivity index (χ0) is 49.0. The number of alkyl carbamates (subject to hydrolysis) is 2. The van der Waals surface area contributed by atoms with E-state index in [0.717, 1.165) is 0 Å². The molecule has 1 aliphatic heterocycles. The number of rotatable bonds is 17. The van der Waals surface area contributed by atoms with Gasteiger partial charge in [0.25, 0.3) is 0 Å². The van der Waals surface area contributed by atoms with Gasteiger partial charge in [0.15, 0.2) is 18.4 Å². The largest absolute Gasteiger partial charge is 0.459 e. The minimum atomic E-state index is -1.30. The van der Waals surface area contributed by atoms with Crippen molar-refractivity contribution >= 4 is 68.8 Å². The van der Waals surface area contributed by atoms with Crippen molar-refractivity contribution in [2.75, 3.05) is 31.6 Å². The molecule has 0 saturated carbocycles. The van der Waals surface area contributed by atoms with Gasteiger partial charge in [-0.25, -0.2) is 33.9 Å². The second-order valence-electron chi connectivity index (χ2n) is 17.5. The molecule has 5 aromatic rings. The summed E-state index contributed by atoms with van der Waals surface area (Å²) < 4.78 is 37.3. The molecule has 3 amide bonds. The Morgan fingerprint density at radius 3 is 1.82 bits per heavy atom. The summed E-state index contributed by atoms with van der Waals surface area (Å²) in [6, 6.07) is 23.7. The van der Waals surface area contributed by atoms with E-state index in [1.165, 1.54) is 6.33 Å². The van der Waals surface area contributed by atoms with Crippen LogP contribution in [0.15, 0.2) is 108 Å². The van der Waals surface area contributed by atoms with Crippen LogP contribution in [0.2, 0.25) is 0 Å². The van der Waals surface area contributed by atoms with Crippen molar-refractivity contribution in [3.05, 3.63) is 125 Å². The number of halogens is 1. The molecule has 5 atom stereocenters. The minimum absolute atomic E-state index is 0.158. The van der Waals surface area contributed by atoms with Crippen LogP contribution in [0.4, 0.5) is 15.4 Å². The molecule has 68 heavy (non-hydrogen) atoms. The summed E-state index contributed by atoms with van der Waals surface area (Å²) in [5.74, 6) is -2.27. The fourth-order valence-electron chi connectivity index (χ4n) is 6.84. The molecule has 2 aromatic heterocycles. The predicted octanol–water partition coefficient (Wildman–Crippen LogP) is 6.74. The maximum atomic E-state index is 13.8. The summed E-state index contributed by atoms with van der Waals surface area (Å²) in [5, 5.41) is 11.6. The van der Waals surface area contributed by atoms with E-state index >= 15 is 0 Å². The Hall–Kier alpha value is -7.06. The Labute approximate surface area is 401 Å². The van der Waals surface area contributed by atoms with Crippen molar-refractivity contribution in [2.45, 2.75) is 89.7 Å². The molecule has 6 rings (SSSR count). The molecule has 3 heterocycles. The molecule has 19 nitrogen and oxygen atoms in total. The zero-order valence-corrected chi connectivity index (χ0v) is 39.9. The number of carbonyl (C=O) groups excluding carboxylic acids is 6. The highest BCUT2D eigenvalue weighted by Gasteiger charge is 2.52. The lowest BCUT2D eigenvalue weighted by molar-refractivity contribution is -0.123. The molecule has 20 heteroatoms. The van der Waals surface area contributed by atoms with Crippen LogP contribution >= 0.6 is 15.9 Å². The summed E-state index contributed by atoms with van der Waals surface area (Å²) in [5.41, 5.74) is -0.532. The number of carbonyl (C=O) groups is 6. The molecule has 360 valence electrons. The number of nitrogens with zero attached hydrogens (tertiary/aromatic N) is 3. The number of nitrogens with one attached hydrogen (secondary N) is 4. The first-order valence-electron chi connectivity index (χ1n) is 21.8. The van der Waals surface area contributed by atoms with E-state index in [-0.39, 0.29) is 30.8 Å². The van der Waals surface area contributed by atoms with Gasteiger partial charge in [0.1, 0.15) is 47.7 Å². The van der Waals surface area contributed by atoms with E-state index < -0.39 is 77.8 Å². The molecule has 3 aromatic carbocycles. The van der Waals surface area contributed by atoms with Crippen molar-refractivity contribution in [3.8, 4) is 0 Å². The Morgan fingerprint density at radius 2 is 1.25 bits per heavy atom. The number of aromatic nitrogens is 3. The lowest BCUT2D eigenvalue weighted by Crippen LogP contribution is -2.54. The monoisotopic (exact) mass is 999 g/mol. The Morgan fingerprint density at radius 1 is 0.706 bits per heavy atom. The third kappa shape index (κ3) is 14.0. The molecule has 0 spiro atoms. The van der Waals surface area contributed by atoms with Gasteiger partial charge >= 0.3 is 30.1 Å². The molecule has 0 aliphatic carbocycles. The Bertz CT molecular complexity index is 2550. The van der Waals surface area contributed by atoms with E-state index in [1.54, 1.807) is 143 Å². The van der Waals surface area contributed by atoms with Gasteiger partial charge in [-0.1, -0.05) is 54.6 Å². The highest BCUT2D eigenvalue weighted by Crippen LogP contribution is 2.40. The van der Waals surface area contributed by atoms with Crippen LogP contribution in [-0.2, 0) is 33.2 Å². The highest BCUT2D eigenvalue weighted by atomic mass is 79.9. The van der Waals surface area contributed by atoms with Gasteiger partial charge in [-0.3, -0.25) is 4.79 Å². The van der Waals surface area contributed by atoms with Crippen LogP contribution in [0.3, 0.4) is 0 Å². The van der Waals surface area contributed by atoms with Crippen LogP contribution in [0, 0.1) is 0 Å². The highest BCUT2D eigenvalue weighted by molar-refractivity contribution is 9.10. The number of amides is 3. The third-order valence-corrected chi connectivity index (χ3v) is 10.4. The van der Waals surface area contributed by atoms with Gasteiger partial charge in [0, 0.05) is 23.8 Å². The van der Waals surface area contributed by atoms with E-state index in [1.807, 2.05) is 0 Å². The quantitative estimate of drug-likeness (QED) is 0.0429. The van der Waals surface area contributed by atoms with Crippen molar-refractivity contribution in [1.82, 2.24) is 30.5 Å². The summed E-state index contributed by atoms with van der Waals surface area (Å²) in [4.78, 5) is 87.9.